The molecule has 2 unspecified atom stereocenters. The molecule has 2 atom stereocenters. The lowest BCUT2D eigenvalue weighted by Gasteiger charge is -2.35. The van der Waals surface area contributed by atoms with E-state index < -0.39 is 12.0 Å². The van der Waals surface area contributed by atoms with Crippen LogP contribution in [0.15, 0.2) is 15.2 Å². The van der Waals surface area contributed by atoms with Crippen LogP contribution in [0.5, 0.6) is 0 Å². The SMILES string of the molecule is CC1CCN(C(=O)c2csc(Br)c2)C(C(=O)O)C1. The van der Waals surface area contributed by atoms with Gasteiger partial charge in [0, 0.05) is 11.9 Å². The van der Waals surface area contributed by atoms with Crippen molar-refractivity contribution in [3.63, 3.8) is 0 Å². The van der Waals surface area contributed by atoms with Gasteiger partial charge in [-0.05, 0) is 40.8 Å². The Morgan fingerprint density at radius 3 is 2.83 bits per heavy atom. The average Bonchev–Trinajstić information content (AvgIpc) is 2.75. The first-order valence-electron chi connectivity index (χ1n) is 5.77. The molecular weight excluding hydrogens is 318 g/mol. The quantitative estimate of drug-likeness (QED) is 0.906. The molecule has 0 aliphatic carbocycles. The Hall–Kier alpha value is -0.880. The smallest absolute Gasteiger partial charge is 0.326 e. The first-order valence-corrected chi connectivity index (χ1v) is 7.44. The standard InChI is InChI=1S/C12H14BrNO3S/c1-7-2-3-14(9(4-7)12(16)17)11(15)8-5-10(13)18-6-8/h5-7,9H,2-4H2,1H3,(H,16,17). The monoisotopic (exact) mass is 331 g/mol. The molecule has 2 heterocycles. The number of rotatable bonds is 2. The Bertz CT molecular complexity index is 474. The minimum Gasteiger partial charge on any atom is -0.480 e. The van der Waals surface area contributed by atoms with Crippen molar-refractivity contribution in [1.29, 1.82) is 0 Å². The largest absolute Gasteiger partial charge is 0.480 e. The van der Waals surface area contributed by atoms with Gasteiger partial charge in [-0.1, -0.05) is 6.92 Å². The highest BCUT2D eigenvalue weighted by molar-refractivity contribution is 9.11. The summed E-state index contributed by atoms with van der Waals surface area (Å²) >= 11 is 4.74. The lowest BCUT2D eigenvalue weighted by molar-refractivity contribution is -0.144. The molecule has 1 aliphatic rings. The van der Waals surface area contributed by atoms with Crippen LogP contribution in [0.1, 0.15) is 30.1 Å². The second kappa shape index (κ2) is 5.40. The topological polar surface area (TPSA) is 57.6 Å². The van der Waals surface area contributed by atoms with Crippen molar-refractivity contribution in [2.45, 2.75) is 25.8 Å². The predicted octanol–water partition coefficient (Wildman–Crippen LogP) is 2.84. The predicted molar refractivity (Wildman–Crippen MR) is 72.9 cm³/mol. The van der Waals surface area contributed by atoms with Gasteiger partial charge in [0.1, 0.15) is 6.04 Å². The van der Waals surface area contributed by atoms with E-state index in [4.69, 9.17) is 0 Å². The maximum absolute atomic E-state index is 12.3. The van der Waals surface area contributed by atoms with Crippen molar-refractivity contribution >= 4 is 39.1 Å². The third-order valence-electron chi connectivity index (χ3n) is 3.22. The van der Waals surface area contributed by atoms with E-state index >= 15 is 0 Å². The number of carboxylic acid groups (broad SMARTS) is 1. The van der Waals surface area contributed by atoms with Gasteiger partial charge >= 0.3 is 5.97 Å². The van der Waals surface area contributed by atoms with Crippen LogP contribution >= 0.6 is 27.3 Å². The van der Waals surface area contributed by atoms with E-state index in [1.165, 1.54) is 16.2 Å². The average molecular weight is 332 g/mol. The Morgan fingerprint density at radius 1 is 1.56 bits per heavy atom. The van der Waals surface area contributed by atoms with Gasteiger partial charge in [0.15, 0.2) is 0 Å². The molecule has 1 amide bonds. The molecule has 4 nitrogen and oxygen atoms in total. The third kappa shape index (κ3) is 2.75. The second-order valence-electron chi connectivity index (χ2n) is 4.62. The summed E-state index contributed by atoms with van der Waals surface area (Å²) in [6, 6.07) is 1.05. The van der Waals surface area contributed by atoms with Crippen LogP contribution in [-0.2, 0) is 4.79 Å². The summed E-state index contributed by atoms with van der Waals surface area (Å²) in [5.74, 6) is -0.746. The van der Waals surface area contributed by atoms with E-state index in [9.17, 15) is 14.7 Å². The molecule has 98 valence electrons. The van der Waals surface area contributed by atoms with Gasteiger partial charge in [-0.3, -0.25) is 4.79 Å². The molecule has 1 aliphatic heterocycles. The lowest BCUT2D eigenvalue weighted by atomic mass is 9.92. The molecule has 1 saturated heterocycles. The van der Waals surface area contributed by atoms with Crippen molar-refractivity contribution in [1.82, 2.24) is 4.90 Å². The minimum atomic E-state index is -0.913. The van der Waals surface area contributed by atoms with Crippen molar-refractivity contribution in [3.8, 4) is 0 Å². The molecule has 0 spiro atoms. The van der Waals surface area contributed by atoms with Crippen molar-refractivity contribution < 1.29 is 14.7 Å². The van der Waals surface area contributed by atoms with Crippen LogP contribution in [0.4, 0.5) is 0 Å². The Morgan fingerprint density at radius 2 is 2.28 bits per heavy atom. The summed E-state index contributed by atoms with van der Waals surface area (Å²) in [7, 11) is 0. The molecule has 1 N–H and O–H groups in total. The number of hydrogen-bond acceptors (Lipinski definition) is 3. The number of amides is 1. The maximum atomic E-state index is 12.3. The van der Waals surface area contributed by atoms with E-state index in [1.54, 1.807) is 11.4 Å². The van der Waals surface area contributed by atoms with Crippen LogP contribution in [0.2, 0.25) is 0 Å². The maximum Gasteiger partial charge on any atom is 0.326 e. The number of nitrogens with zero attached hydrogens (tertiary/aromatic N) is 1. The Balaban J connectivity index is 2.20. The molecular formula is C12H14BrNO3S. The van der Waals surface area contributed by atoms with Gasteiger partial charge in [-0.25, -0.2) is 4.79 Å². The minimum absolute atomic E-state index is 0.184. The van der Waals surface area contributed by atoms with Gasteiger partial charge in [0.25, 0.3) is 5.91 Å². The highest BCUT2D eigenvalue weighted by Crippen LogP contribution is 2.27. The molecule has 2 rings (SSSR count). The molecule has 1 aromatic heterocycles. The zero-order valence-corrected chi connectivity index (χ0v) is 12.3. The lowest BCUT2D eigenvalue weighted by Crippen LogP contribution is -2.49. The third-order valence-corrected chi connectivity index (χ3v) is 4.73. The van der Waals surface area contributed by atoms with E-state index in [0.29, 0.717) is 24.4 Å². The highest BCUT2D eigenvalue weighted by atomic mass is 79.9. The fraction of sp³-hybridized carbons (Fsp3) is 0.500. The number of halogens is 1. The fourth-order valence-electron chi connectivity index (χ4n) is 2.21. The normalized spacial score (nSPS) is 24.0. The molecule has 6 heteroatoms. The molecule has 18 heavy (non-hydrogen) atoms. The van der Waals surface area contributed by atoms with E-state index in [2.05, 4.69) is 15.9 Å². The summed E-state index contributed by atoms with van der Waals surface area (Å²) in [5.41, 5.74) is 0.563. The number of thiophene rings is 1. The second-order valence-corrected chi connectivity index (χ2v) is 6.91. The number of carbonyl (C=O) groups is 2. The van der Waals surface area contributed by atoms with Crippen LogP contribution in [0, 0.1) is 5.92 Å². The van der Waals surface area contributed by atoms with Crippen LogP contribution in [0.25, 0.3) is 0 Å². The van der Waals surface area contributed by atoms with Gasteiger partial charge in [-0.2, -0.15) is 0 Å². The summed E-state index contributed by atoms with van der Waals surface area (Å²) < 4.78 is 0.878. The number of carbonyl (C=O) groups excluding carboxylic acids is 1. The van der Waals surface area contributed by atoms with Gasteiger partial charge in [0.2, 0.25) is 0 Å². The summed E-state index contributed by atoms with van der Waals surface area (Å²) in [4.78, 5) is 25.0. The van der Waals surface area contributed by atoms with Crippen molar-refractivity contribution in [2.24, 2.45) is 5.92 Å². The number of hydrogen-bond donors (Lipinski definition) is 1. The molecule has 0 bridgehead atoms. The fourth-order valence-corrected chi connectivity index (χ4v) is 3.34. The molecule has 0 radical (unpaired) electrons. The zero-order chi connectivity index (χ0) is 13.3. The zero-order valence-electron chi connectivity index (χ0n) is 9.93. The Kier molecular flexibility index (Phi) is 4.07. The summed E-state index contributed by atoms with van der Waals surface area (Å²) in [6.45, 7) is 2.55. The van der Waals surface area contributed by atoms with Gasteiger partial charge in [-0.15, -0.1) is 11.3 Å². The van der Waals surface area contributed by atoms with Crippen LogP contribution in [-0.4, -0.2) is 34.5 Å². The van der Waals surface area contributed by atoms with Gasteiger partial charge in [0.05, 0.1) is 9.35 Å². The van der Waals surface area contributed by atoms with Gasteiger partial charge < -0.3 is 10.0 Å². The number of carboxylic acids is 1. The number of aliphatic carboxylic acids is 1. The Labute approximate surface area is 118 Å². The van der Waals surface area contributed by atoms with Crippen molar-refractivity contribution in [3.05, 3.63) is 20.8 Å². The van der Waals surface area contributed by atoms with Crippen LogP contribution < -0.4 is 0 Å². The molecule has 1 fully saturated rings. The van der Waals surface area contributed by atoms with Crippen molar-refractivity contribution in [2.75, 3.05) is 6.54 Å². The number of piperidine rings is 1. The molecule has 0 aromatic carbocycles. The highest BCUT2D eigenvalue weighted by Gasteiger charge is 2.35. The van der Waals surface area contributed by atoms with Crippen LogP contribution in [0.3, 0.4) is 0 Å². The van der Waals surface area contributed by atoms with E-state index in [0.717, 1.165) is 10.2 Å². The molecule has 0 saturated carbocycles. The van der Waals surface area contributed by atoms with E-state index in [-0.39, 0.29) is 5.91 Å². The molecule has 1 aromatic rings. The first kappa shape index (κ1) is 13.5. The van der Waals surface area contributed by atoms with E-state index in [1.807, 2.05) is 6.92 Å². The number of likely N-dealkylation sites (tertiary alicyclic amines) is 1. The summed E-state index contributed by atoms with van der Waals surface area (Å²) in [5, 5.41) is 11.0. The first-order chi connectivity index (χ1) is 8.49. The summed E-state index contributed by atoms with van der Waals surface area (Å²) in [6.07, 6.45) is 1.40.